The number of nitrogens with zero attached hydrogens (tertiary/aromatic N) is 3. The van der Waals surface area contributed by atoms with E-state index in [-0.39, 0.29) is 28.8 Å². The summed E-state index contributed by atoms with van der Waals surface area (Å²) >= 11 is 1.23. The third kappa shape index (κ3) is 5.50. The second kappa shape index (κ2) is 10.0. The van der Waals surface area contributed by atoms with E-state index in [4.69, 9.17) is 4.74 Å². The van der Waals surface area contributed by atoms with Gasteiger partial charge in [0.05, 0.1) is 34.1 Å². The molecule has 0 aliphatic carbocycles. The van der Waals surface area contributed by atoms with E-state index in [1.165, 1.54) is 40.5 Å². The number of benzene rings is 2. The van der Waals surface area contributed by atoms with E-state index >= 15 is 0 Å². The van der Waals surface area contributed by atoms with Crippen molar-refractivity contribution in [1.29, 1.82) is 0 Å². The summed E-state index contributed by atoms with van der Waals surface area (Å²) < 4.78 is 44.9. The van der Waals surface area contributed by atoms with Crippen LogP contribution in [0.5, 0.6) is 0 Å². The van der Waals surface area contributed by atoms with Gasteiger partial charge in [0.25, 0.3) is 0 Å². The number of carbonyl (C=O) groups is 1. The molecule has 10 heteroatoms. The quantitative estimate of drug-likeness (QED) is 0.496. The predicted octanol–water partition coefficient (Wildman–Crippen LogP) is 2.96. The standard InChI is InChI=1S/C22H24FN3O4S2/c23-17-6-7-19-20(16-17)31-22(24-19)26(10-9-25-11-13-30-14-12-25)21(27)8-15-32(28,29)18-4-2-1-3-5-18/h1-7,16H,8-15H2. The first-order valence-corrected chi connectivity index (χ1v) is 12.8. The summed E-state index contributed by atoms with van der Waals surface area (Å²) in [5, 5.41) is 0.445. The van der Waals surface area contributed by atoms with Crippen LogP contribution in [0.1, 0.15) is 6.42 Å². The molecule has 3 aromatic rings. The van der Waals surface area contributed by atoms with Crippen molar-refractivity contribution in [2.24, 2.45) is 0 Å². The van der Waals surface area contributed by atoms with Gasteiger partial charge in [-0.2, -0.15) is 0 Å². The Morgan fingerprint density at radius 2 is 1.91 bits per heavy atom. The fraction of sp³-hybridized carbons (Fsp3) is 0.364. The molecule has 0 saturated carbocycles. The number of thiazole rings is 1. The number of sulfone groups is 1. The Labute approximate surface area is 190 Å². The molecule has 2 aromatic carbocycles. The Morgan fingerprint density at radius 3 is 2.66 bits per heavy atom. The van der Waals surface area contributed by atoms with Crippen LogP contribution in [0.25, 0.3) is 10.2 Å². The molecule has 4 rings (SSSR count). The van der Waals surface area contributed by atoms with Crippen LogP contribution in [0, 0.1) is 5.82 Å². The summed E-state index contributed by atoms with van der Waals surface area (Å²) in [5.74, 6) is -0.978. The van der Waals surface area contributed by atoms with Crippen molar-refractivity contribution in [3.05, 3.63) is 54.3 Å². The van der Waals surface area contributed by atoms with E-state index in [0.717, 1.165) is 13.1 Å². The molecule has 1 aromatic heterocycles. The van der Waals surface area contributed by atoms with Gasteiger partial charge in [-0.15, -0.1) is 0 Å². The number of anilines is 1. The van der Waals surface area contributed by atoms with Crippen molar-refractivity contribution in [3.63, 3.8) is 0 Å². The van der Waals surface area contributed by atoms with E-state index in [1.54, 1.807) is 24.3 Å². The highest BCUT2D eigenvalue weighted by Crippen LogP contribution is 2.30. The molecule has 1 aliphatic rings. The van der Waals surface area contributed by atoms with Crippen LogP contribution in [-0.2, 0) is 19.4 Å². The molecule has 170 valence electrons. The van der Waals surface area contributed by atoms with E-state index < -0.39 is 9.84 Å². The second-order valence-electron chi connectivity index (χ2n) is 7.49. The maximum Gasteiger partial charge on any atom is 0.229 e. The number of hydrogen-bond acceptors (Lipinski definition) is 7. The number of halogens is 1. The first-order chi connectivity index (χ1) is 15.4. The molecule has 1 aliphatic heterocycles. The largest absolute Gasteiger partial charge is 0.379 e. The number of carbonyl (C=O) groups excluding carboxylic acids is 1. The van der Waals surface area contributed by atoms with Gasteiger partial charge in [-0.3, -0.25) is 14.6 Å². The first-order valence-electron chi connectivity index (χ1n) is 10.4. The fourth-order valence-corrected chi connectivity index (χ4v) is 5.78. The summed E-state index contributed by atoms with van der Waals surface area (Å²) in [5.41, 5.74) is 0.604. The van der Waals surface area contributed by atoms with Crippen molar-refractivity contribution in [1.82, 2.24) is 9.88 Å². The van der Waals surface area contributed by atoms with E-state index in [2.05, 4.69) is 9.88 Å². The average Bonchev–Trinajstić information content (AvgIpc) is 3.22. The smallest absolute Gasteiger partial charge is 0.229 e. The SMILES string of the molecule is O=C(CCS(=O)(=O)c1ccccc1)N(CCN1CCOCC1)c1nc2ccc(F)cc2s1. The Hall–Kier alpha value is -2.40. The molecule has 0 radical (unpaired) electrons. The minimum absolute atomic E-state index is 0.162. The Kier molecular flexibility index (Phi) is 7.14. The van der Waals surface area contributed by atoms with E-state index in [9.17, 15) is 17.6 Å². The van der Waals surface area contributed by atoms with Crippen molar-refractivity contribution in [2.75, 3.05) is 50.0 Å². The molecule has 2 heterocycles. The van der Waals surface area contributed by atoms with Gasteiger partial charge in [0.2, 0.25) is 5.91 Å². The summed E-state index contributed by atoms with van der Waals surface area (Å²) in [7, 11) is -3.58. The summed E-state index contributed by atoms with van der Waals surface area (Å²) in [6, 6.07) is 12.4. The van der Waals surface area contributed by atoms with Crippen LogP contribution in [0.3, 0.4) is 0 Å². The maximum absolute atomic E-state index is 13.6. The summed E-state index contributed by atoms with van der Waals surface area (Å²) in [4.78, 5) is 21.6. The first kappa shape index (κ1) is 22.8. The van der Waals surface area contributed by atoms with Gasteiger partial charge < -0.3 is 4.74 Å². The van der Waals surface area contributed by atoms with Gasteiger partial charge in [-0.1, -0.05) is 29.5 Å². The summed E-state index contributed by atoms with van der Waals surface area (Å²) in [6.07, 6.45) is -0.162. The third-order valence-corrected chi connectivity index (χ3v) is 8.07. The predicted molar refractivity (Wildman–Crippen MR) is 122 cm³/mol. The lowest BCUT2D eigenvalue weighted by atomic mass is 10.3. The lowest BCUT2D eigenvalue weighted by molar-refractivity contribution is -0.118. The number of hydrogen-bond donors (Lipinski definition) is 0. The van der Waals surface area contributed by atoms with Crippen LogP contribution in [0.2, 0.25) is 0 Å². The fourth-order valence-electron chi connectivity index (χ4n) is 3.50. The Bertz CT molecular complexity index is 1180. The molecule has 1 saturated heterocycles. The lowest BCUT2D eigenvalue weighted by Crippen LogP contribution is -2.43. The van der Waals surface area contributed by atoms with Gasteiger partial charge >= 0.3 is 0 Å². The molecule has 0 atom stereocenters. The third-order valence-electron chi connectivity index (χ3n) is 5.30. The minimum atomic E-state index is -3.58. The van der Waals surface area contributed by atoms with E-state index in [1.807, 2.05) is 0 Å². The highest BCUT2D eigenvalue weighted by atomic mass is 32.2. The van der Waals surface area contributed by atoms with Crippen LogP contribution < -0.4 is 4.90 Å². The number of ether oxygens (including phenoxy) is 1. The zero-order valence-corrected chi connectivity index (χ0v) is 19.1. The van der Waals surface area contributed by atoms with Crippen LogP contribution in [-0.4, -0.2) is 69.4 Å². The zero-order valence-electron chi connectivity index (χ0n) is 17.4. The maximum atomic E-state index is 13.6. The molecule has 1 amide bonds. The second-order valence-corrected chi connectivity index (χ2v) is 10.6. The van der Waals surface area contributed by atoms with Crippen molar-refractivity contribution in [2.45, 2.75) is 11.3 Å². The zero-order chi connectivity index (χ0) is 22.6. The topological polar surface area (TPSA) is 79.8 Å². The van der Waals surface area contributed by atoms with Gasteiger partial charge in [-0.05, 0) is 30.3 Å². The highest BCUT2D eigenvalue weighted by Gasteiger charge is 2.24. The molecule has 0 N–H and O–H groups in total. The van der Waals surface area contributed by atoms with Crippen LogP contribution >= 0.6 is 11.3 Å². The van der Waals surface area contributed by atoms with Crippen molar-refractivity contribution < 1.29 is 22.3 Å². The number of fused-ring (bicyclic) bond motifs is 1. The molecule has 0 unspecified atom stereocenters. The van der Waals surface area contributed by atoms with Gasteiger partial charge in [-0.25, -0.2) is 17.8 Å². The lowest BCUT2D eigenvalue weighted by Gasteiger charge is -2.29. The average molecular weight is 478 g/mol. The Balaban J connectivity index is 1.52. The number of amides is 1. The molecule has 7 nitrogen and oxygen atoms in total. The molecule has 0 bridgehead atoms. The molecule has 1 fully saturated rings. The Morgan fingerprint density at radius 1 is 1.16 bits per heavy atom. The molecule has 0 spiro atoms. The van der Waals surface area contributed by atoms with Gasteiger partial charge in [0, 0.05) is 32.6 Å². The number of rotatable bonds is 8. The van der Waals surface area contributed by atoms with Crippen molar-refractivity contribution in [3.8, 4) is 0 Å². The highest BCUT2D eigenvalue weighted by molar-refractivity contribution is 7.91. The normalized spacial score (nSPS) is 15.2. The van der Waals surface area contributed by atoms with Crippen LogP contribution in [0.4, 0.5) is 9.52 Å². The minimum Gasteiger partial charge on any atom is -0.379 e. The molecule has 32 heavy (non-hydrogen) atoms. The number of aromatic nitrogens is 1. The van der Waals surface area contributed by atoms with Crippen molar-refractivity contribution >= 4 is 42.4 Å². The van der Waals surface area contributed by atoms with Gasteiger partial charge in [0.1, 0.15) is 5.82 Å². The molecular weight excluding hydrogens is 453 g/mol. The summed E-state index contributed by atoms with van der Waals surface area (Å²) in [6.45, 7) is 3.82. The van der Waals surface area contributed by atoms with E-state index in [0.29, 0.717) is 41.7 Å². The molecular formula is C22H24FN3O4S2. The van der Waals surface area contributed by atoms with Gasteiger partial charge in [0.15, 0.2) is 15.0 Å². The van der Waals surface area contributed by atoms with Crippen LogP contribution in [0.15, 0.2) is 53.4 Å². The monoisotopic (exact) mass is 477 g/mol. The number of morpholine rings is 1.